The summed E-state index contributed by atoms with van der Waals surface area (Å²) in [6.07, 6.45) is -5.67. The van der Waals surface area contributed by atoms with E-state index in [1.165, 1.54) is 23.5 Å². The molecule has 118 valence electrons. The summed E-state index contributed by atoms with van der Waals surface area (Å²) in [6, 6.07) is 7.89. The summed E-state index contributed by atoms with van der Waals surface area (Å²) in [5.41, 5.74) is -0.721. The van der Waals surface area contributed by atoms with Gasteiger partial charge < -0.3 is 10.4 Å². The number of halogens is 3. The fourth-order valence-electron chi connectivity index (χ4n) is 1.87. The second kappa shape index (κ2) is 6.50. The average Bonchev–Trinajstić information content (AvgIpc) is 2.90. The van der Waals surface area contributed by atoms with Crippen LogP contribution in [0.1, 0.15) is 31.8 Å². The third-order valence-corrected chi connectivity index (χ3v) is 4.02. The molecule has 1 aromatic heterocycles. The van der Waals surface area contributed by atoms with Gasteiger partial charge in [-0.05, 0) is 36.8 Å². The third kappa shape index (κ3) is 4.08. The van der Waals surface area contributed by atoms with Crippen LogP contribution in [-0.4, -0.2) is 17.6 Å². The molecule has 0 aliphatic heterocycles. The van der Waals surface area contributed by atoms with Crippen molar-refractivity contribution in [2.24, 2.45) is 0 Å². The largest absolute Gasteiger partial charge is 0.416 e. The van der Waals surface area contributed by atoms with Crippen molar-refractivity contribution in [2.45, 2.75) is 19.2 Å². The lowest BCUT2D eigenvalue weighted by molar-refractivity contribution is -0.137. The van der Waals surface area contributed by atoms with E-state index in [0.717, 1.165) is 17.0 Å². The normalized spacial score (nSPS) is 13.0. The molecule has 0 saturated carbocycles. The van der Waals surface area contributed by atoms with E-state index in [2.05, 4.69) is 5.32 Å². The van der Waals surface area contributed by atoms with Gasteiger partial charge in [0.25, 0.3) is 5.91 Å². The van der Waals surface area contributed by atoms with Crippen LogP contribution in [0.25, 0.3) is 0 Å². The second-order valence-corrected chi connectivity index (χ2v) is 6.05. The van der Waals surface area contributed by atoms with Crippen LogP contribution in [0.3, 0.4) is 0 Å². The molecule has 2 N–H and O–H groups in total. The molecule has 0 aliphatic carbocycles. The van der Waals surface area contributed by atoms with Crippen molar-refractivity contribution in [2.75, 3.05) is 6.54 Å². The number of alkyl halides is 3. The Morgan fingerprint density at radius 1 is 1.32 bits per heavy atom. The fourth-order valence-corrected chi connectivity index (χ4v) is 2.66. The summed E-state index contributed by atoms with van der Waals surface area (Å²) in [6.45, 7) is 1.70. The third-order valence-electron chi connectivity index (χ3n) is 3.02. The van der Waals surface area contributed by atoms with Crippen LogP contribution in [0.15, 0.2) is 36.4 Å². The highest BCUT2D eigenvalue weighted by molar-refractivity contribution is 7.13. The highest BCUT2D eigenvalue weighted by atomic mass is 32.1. The smallest absolute Gasteiger partial charge is 0.387 e. The Bertz CT molecular complexity index is 667. The number of carbonyl (C=O) groups is 1. The molecule has 3 nitrogen and oxygen atoms in total. The first-order chi connectivity index (χ1) is 10.3. The molecule has 0 bridgehead atoms. The maximum absolute atomic E-state index is 12.6. The number of hydrogen-bond donors (Lipinski definition) is 2. The van der Waals surface area contributed by atoms with E-state index in [1.54, 1.807) is 12.1 Å². The molecule has 0 saturated heterocycles. The van der Waals surface area contributed by atoms with Crippen LogP contribution < -0.4 is 5.32 Å². The van der Waals surface area contributed by atoms with Gasteiger partial charge in [0.05, 0.1) is 16.5 Å². The monoisotopic (exact) mass is 329 g/mol. The first kappa shape index (κ1) is 16.5. The van der Waals surface area contributed by atoms with Gasteiger partial charge in [0.2, 0.25) is 0 Å². The molecular formula is C15H14F3NO2S. The van der Waals surface area contributed by atoms with Crippen LogP contribution in [0.4, 0.5) is 13.2 Å². The lowest BCUT2D eigenvalue weighted by Crippen LogP contribution is -2.27. The average molecular weight is 329 g/mol. The predicted molar refractivity (Wildman–Crippen MR) is 77.8 cm³/mol. The van der Waals surface area contributed by atoms with E-state index in [4.69, 9.17) is 0 Å². The van der Waals surface area contributed by atoms with Crippen LogP contribution in [0.5, 0.6) is 0 Å². The van der Waals surface area contributed by atoms with E-state index in [1.807, 2.05) is 6.92 Å². The number of nitrogens with one attached hydrogen (secondary N) is 1. The summed E-state index contributed by atoms with van der Waals surface area (Å²) >= 11 is 1.31. The highest BCUT2D eigenvalue weighted by Gasteiger charge is 2.30. The van der Waals surface area contributed by atoms with Gasteiger partial charge >= 0.3 is 6.18 Å². The van der Waals surface area contributed by atoms with E-state index in [0.29, 0.717) is 4.88 Å². The van der Waals surface area contributed by atoms with E-state index >= 15 is 0 Å². The Morgan fingerprint density at radius 2 is 2.05 bits per heavy atom. The molecule has 0 radical (unpaired) electrons. The van der Waals surface area contributed by atoms with Crippen molar-refractivity contribution < 1.29 is 23.1 Å². The standard InChI is InChI=1S/C15H14F3NO2S/c1-9-5-6-13(22-9)14(21)19-8-12(20)10-3-2-4-11(7-10)15(16,17)18/h2-7,12,20H,8H2,1H3,(H,19,21). The van der Waals surface area contributed by atoms with Crippen LogP contribution in [0.2, 0.25) is 0 Å². The SMILES string of the molecule is Cc1ccc(C(=O)NCC(O)c2cccc(C(F)(F)F)c2)s1. The molecule has 22 heavy (non-hydrogen) atoms. The van der Waals surface area contributed by atoms with Crippen molar-refractivity contribution in [3.63, 3.8) is 0 Å². The second-order valence-electron chi connectivity index (χ2n) is 4.76. The number of aliphatic hydroxyl groups excluding tert-OH is 1. The van der Waals surface area contributed by atoms with Crippen molar-refractivity contribution in [3.05, 3.63) is 57.3 Å². The molecule has 1 atom stereocenters. The van der Waals surface area contributed by atoms with Gasteiger partial charge in [0.1, 0.15) is 0 Å². The molecule has 2 aromatic rings. The highest BCUT2D eigenvalue weighted by Crippen LogP contribution is 2.30. The fraction of sp³-hybridized carbons (Fsp3) is 0.267. The molecule has 1 heterocycles. The molecule has 1 unspecified atom stereocenters. The molecule has 2 rings (SSSR count). The summed E-state index contributed by atoms with van der Waals surface area (Å²) in [5.74, 6) is -0.357. The number of thiophene rings is 1. The van der Waals surface area contributed by atoms with Crippen molar-refractivity contribution in [1.82, 2.24) is 5.32 Å². The molecule has 0 fully saturated rings. The zero-order valence-corrected chi connectivity index (χ0v) is 12.5. The first-order valence-electron chi connectivity index (χ1n) is 6.47. The number of benzene rings is 1. The van der Waals surface area contributed by atoms with Crippen LogP contribution >= 0.6 is 11.3 Å². The van der Waals surface area contributed by atoms with Crippen molar-refractivity contribution in [1.29, 1.82) is 0 Å². The quantitative estimate of drug-likeness (QED) is 0.901. The summed E-state index contributed by atoms with van der Waals surface area (Å²) in [4.78, 5) is 13.3. The van der Waals surface area contributed by atoms with E-state index in [9.17, 15) is 23.1 Å². The molecule has 0 spiro atoms. The molecule has 1 aromatic carbocycles. The zero-order valence-electron chi connectivity index (χ0n) is 11.6. The minimum Gasteiger partial charge on any atom is -0.387 e. The Kier molecular flexibility index (Phi) is 4.87. The zero-order chi connectivity index (χ0) is 16.3. The Balaban J connectivity index is 2.00. The van der Waals surface area contributed by atoms with Gasteiger partial charge in [-0.3, -0.25) is 4.79 Å². The minimum atomic E-state index is -4.46. The first-order valence-corrected chi connectivity index (χ1v) is 7.29. The van der Waals surface area contributed by atoms with Gasteiger partial charge in [-0.2, -0.15) is 13.2 Å². The predicted octanol–water partition coefficient (Wildman–Crippen LogP) is 3.54. The van der Waals surface area contributed by atoms with Crippen molar-refractivity contribution >= 4 is 17.2 Å². The number of rotatable bonds is 4. The van der Waals surface area contributed by atoms with Gasteiger partial charge in [0.15, 0.2) is 0 Å². The number of amides is 1. The van der Waals surface area contributed by atoms with E-state index in [-0.39, 0.29) is 18.0 Å². The van der Waals surface area contributed by atoms with E-state index < -0.39 is 17.8 Å². The van der Waals surface area contributed by atoms with Crippen LogP contribution in [0, 0.1) is 6.92 Å². The van der Waals surface area contributed by atoms with Gasteiger partial charge in [-0.1, -0.05) is 12.1 Å². The van der Waals surface area contributed by atoms with Gasteiger partial charge in [-0.25, -0.2) is 0 Å². The topological polar surface area (TPSA) is 49.3 Å². The molecule has 0 aliphatic rings. The maximum atomic E-state index is 12.6. The summed E-state index contributed by atoms with van der Waals surface area (Å²) < 4.78 is 37.9. The summed E-state index contributed by atoms with van der Waals surface area (Å²) in [7, 11) is 0. The summed E-state index contributed by atoms with van der Waals surface area (Å²) in [5, 5.41) is 12.4. The molecular weight excluding hydrogens is 315 g/mol. The number of aliphatic hydroxyl groups is 1. The Morgan fingerprint density at radius 3 is 2.64 bits per heavy atom. The van der Waals surface area contributed by atoms with Crippen LogP contribution in [-0.2, 0) is 6.18 Å². The lowest BCUT2D eigenvalue weighted by atomic mass is 10.1. The number of carbonyl (C=O) groups excluding carboxylic acids is 1. The maximum Gasteiger partial charge on any atom is 0.416 e. The lowest BCUT2D eigenvalue weighted by Gasteiger charge is -2.14. The Hall–Kier alpha value is -1.86. The van der Waals surface area contributed by atoms with Gasteiger partial charge in [-0.15, -0.1) is 11.3 Å². The van der Waals surface area contributed by atoms with Crippen molar-refractivity contribution in [3.8, 4) is 0 Å². The number of hydrogen-bond acceptors (Lipinski definition) is 3. The van der Waals surface area contributed by atoms with Gasteiger partial charge in [0, 0.05) is 11.4 Å². The number of aryl methyl sites for hydroxylation is 1. The molecule has 7 heteroatoms. The minimum absolute atomic E-state index is 0.109. The molecule has 1 amide bonds. The Labute approximate surface area is 129 Å².